The van der Waals surface area contributed by atoms with E-state index in [4.69, 9.17) is 5.26 Å². The largest absolute Gasteiger partial charge is 0.343 e. The van der Waals surface area contributed by atoms with Gasteiger partial charge in [-0.15, -0.1) is 0 Å². The topological polar surface area (TPSA) is 44.1 Å². The van der Waals surface area contributed by atoms with Crippen LogP contribution < -0.4 is 0 Å². The third kappa shape index (κ3) is 1.97. The predicted octanol–water partition coefficient (Wildman–Crippen LogP) is 1.16. The molecule has 0 spiro atoms. The number of likely N-dealkylation sites (tertiary alicyclic amines) is 1. The van der Waals surface area contributed by atoms with Crippen molar-refractivity contribution in [3.05, 3.63) is 0 Å². The lowest BCUT2D eigenvalue weighted by Gasteiger charge is -2.28. The van der Waals surface area contributed by atoms with Gasteiger partial charge in [0.15, 0.2) is 0 Å². The molecule has 1 amide bonds. The van der Waals surface area contributed by atoms with Crippen molar-refractivity contribution >= 4 is 5.91 Å². The molecule has 1 heterocycles. The van der Waals surface area contributed by atoms with Gasteiger partial charge in [-0.3, -0.25) is 4.79 Å². The van der Waals surface area contributed by atoms with Crippen molar-refractivity contribution in [1.29, 1.82) is 5.26 Å². The molecule has 1 saturated heterocycles. The molecular formula is C9H14N2O. The number of nitriles is 1. The molecule has 1 aliphatic heterocycles. The fraction of sp³-hybridized carbons (Fsp3) is 0.778. The van der Waals surface area contributed by atoms with Crippen molar-refractivity contribution in [3.63, 3.8) is 0 Å². The van der Waals surface area contributed by atoms with E-state index in [1.165, 1.54) is 0 Å². The van der Waals surface area contributed by atoms with E-state index in [9.17, 15) is 4.79 Å². The third-order valence-corrected chi connectivity index (χ3v) is 2.20. The molecule has 1 unspecified atom stereocenters. The first-order valence-corrected chi connectivity index (χ1v) is 4.45. The van der Waals surface area contributed by atoms with Crippen LogP contribution in [0, 0.1) is 17.2 Å². The zero-order valence-corrected chi connectivity index (χ0v) is 7.42. The molecule has 0 saturated carbocycles. The Morgan fingerprint density at radius 1 is 1.75 bits per heavy atom. The molecule has 66 valence electrons. The summed E-state index contributed by atoms with van der Waals surface area (Å²) in [5.41, 5.74) is 0. The van der Waals surface area contributed by atoms with Crippen LogP contribution in [0.4, 0.5) is 0 Å². The van der Waals surface area contributed by atoms with Gasteiger partial charge >= 0.3 is 0 Å². The van der Waals surface area contributed by atoms with Crippen LogP contribution in [0.5, 0.6) is 0 Å². The zero-order valence-electron chi connectivity index (χ0n) is 7.42. The van der Waals surface area contributed by atoms with Gasteiger partial charge in [0.05, 0.1) is 12.0 Å². The maximum Gasteiger partial charge on any atom is 0.223 e. The second-order valence-corrected chi connectivity index (χ2v) is 3.20. The molecule has 1 aliphatic rings. The summed E-state index contributed by atoms with van der Waals surface area (Å²) in [7, 11) is 0. The van der Waals surface area contributed by atoms with Gasteiger partial charge in [0.25, 0.3) is 0 Å². The summed E-state index contributed by atoms with van der Waals surface area (Å²) < 4.78 is 0. The van der Waals surface area contributed by atoms with Crippen molar-refractivity contribution in [2.45, 2.75) is 26.2 Å². The number of amides is 1. The Morgan fingerprint density at radius 3 is 3.00 bits per heavy atom. The first-order valence-electron chi connectivity index (χ1n) is 4.45. The summed E-state index contributed by atoms with van der Waals surface area (Å²) in [6.45, 7) is 3.67. The highest BCUT2D eigenvalue weighted by atomic mass is 16.2. The first kappa shape index (κ1) is 9.05. The Morgan fingerprint density at radius 2 is 2.50 bits per heavy atom. The summed E-state index contributed by atoms with van der Waals surface area (Å²) in [4.78, 5) is 13.2. The molecule has 12 heavy (non-hydrogen) atoms. The Labute approximate surface area is 73.0 Å². The average Bonchev–Trinajstić information content (AvgIpc) is 2.09. The van der Waals surface area contributed by atoms with Gasteiger partial charge in [0.1, 0.15) is 0 Å². The van der Waals surface area contributed by atoms with Crippen LogP contribution in [0.25, 0.3) is 0 Å². The maximum absolute atomic E-state index is 11.3. The van der Waals surface area contributed by atoms with Crippen LogP contribution in [0.1, 0.15) is 26.2 Å². The van der Waals surface area contributed by atoms with E-state index in [-0.39, 0.29) is 11.8 Å². The number of nitrogens with zero attached hydrogens (tertiary/aromatic N) is 2. The summed E-state index contributed by atoms with van der Waals surface area (Å²) in [5, 5.41) is 8.60. The number of hydrogen-bond acceptors (Lipinski definition) is 2. The van der Waals surface area contributed by atoms with E-state index in [1.54, 1.807) is 0 Å². The SMILES string of the molecule is CCCN1CCC(C#N)CC1=O. The van der Waals surface area contributed by atoms with Gasteiger partial charge in [-0.25, -0.2) is 0 Å². The van der Waals surface area contributed by atoms with Crippen molar-refractivity contribution < 1.29 is 4.79 Å². The maximum atomic E-state index is 11.3. The molecular weight excluding hydrogens is 152 g/mol. The van der Waals surface area contributed by atoms with Gasteiger partial charge in [-0.2, -0.15) is 5.26 Å². The van der Waals surface area contributed by atoms with Gasteiger partial charge < -0.3 is 4.90 Å². The second-order valence-electron chi connectivity index (χ2n) is 3.20. The Kier molecular flexibility index (Phi) is 3.09. The van der Waals surface area contributed by atoms with Crippen molar-refractivity contribution in [2.24, 2.45) is 5.92 Å². The molecule has 3 heteroatoms. The summed E-state index contributed by atoms with van der Waals surface area (Å²) >= 11 is 0. The van der Waals surface area contributed by atoms with E-state index in [0.29, 0.717) is 6.42 Å². The lowest BCUT2D eigenvalue weighted by atomic mass is 9.98. The van der Waals surface area contributed by atoms with Gasteiger partial charge in [0, 0.05) is 19.5 Å². The second kappa shape index (κ2) is 4.10. The van der Waals surface area contributed by atoms with Gasteiger partial charge in [-0.05, 0) is 12.8 Å². The molecule has 1 atom stereocenters. The lowest BCUT2D eigenvalue weighted by molar-refractivity contribution is -0.134. The highest BCUT2D eigenvalue weighted by Gasteiger charge is 2.24. The number of hydrogen-bond donors (Lipinski definition) is 0. The third-order valence-electron chi connectivity index (χ3n) is 2.20. The monoisotopic (exact) mass is 166 g/mol. The minimum absolute atomic E-state index is 0.0365. The Balaban J connectivity index is 2.43. The van der Waals surface area contributed by atoms with Crippen LogP contribution in [-0.4, -0.2) is 23.9 Å². The highest BCUT2D eigenvalue weighted by molar-refractivity contribution is 5.77. The summed E-state index contributed by atoms with van der Waals surface area (Å²) in [6.07, 6.45) is 2.28. The van der Waals surface area contributed by atoms with Gasteiger partial charge in [-0.1, -0.05) is 6.92 Å². The minimum Gasteiger partial charge on any atom is -0.343 e. The highest BCUT2D eigenvalue weighted by Crippen LogP contribution is 2.17. The van der Waals surface area contributed by atoms with Crippen molar-refractivity contribution in [3.8, 4) is 6.07 Å². The molecule has 0 radical (unpaired) electrons. The fourth-order valence-electron chi connectivity index (χ4n) is 1.49. The normalized spacial score (nSPS) is 23.8. The summed E-state index contributed by atoms with van der Waals surface area (Å²) in [6, 6.07) is 2.15. The Hall–Kier alpha value is -1.04. The van der Waals surface area contributed by atoms with E-state index < -0.39 is 0 Å². The molecule has 3 nitrogen and oxygen atoms in total. The first-order chi connectivity index (χ1) is 5.77. The van der Waals surface area contributed by atoms with Crippen LogP contribution in [0.3, 0.4) is 0 Å². The zero-order chi connectivity index (χ0) is 8.97. The van der Waals surface area contributed by atoms with E-state index in [0.717, 1.165) is 25.9 Å². The molecule has 0 aromatic rings. The molecule has 0 aromatic carbocycles. The predicted molar refractivity (Wildman–Crippen MR) is 45.2 cm³/mol. The van der Waals surface area contributed by atoms with Gasteiger partial charge in [0.2, 0.25) is 5.91 Å². The van der Waals surface area contributed by atoms with E-state index >= 15 is 0 Å². The van der Waals surface area contributed by atoms with Crippen LogP contribution >= 0.6 is 0 Å². The number of rotatable bonds is 2. The van der Waals surface area contributed by atoms with E-state index in [1.807, 2.05) is 4.90 Å². The molecule has 0 bridgehead atoms. The quantitative estimate of drug-likeness (QED) is 0.617. The lowest BCUT2D eigenvalue weighted by Crippen LogP contribution is -2.38. The van der Waals surface area contributed by atoms with Crippen LogP contribution in [-0.2, 0) is 4.79 Å². The van der Waals surface area contributed by atoms with Crippen LogP contribution in [0.15, 0.2) is 0 Å². The van der Waals surface area contributed by atoms with Crippen molar-refractivity contribution in [2.75, 3.05) is 13.1 Å². The molecule has 0 aliphatic carbocycles. The molecule has 0 aromatic heterocycles. The van der Waals surface area contributed by atoms with Crippen molar-refractivity contribution in [1.82, 2.24) is 4.90 Å². The molecule has 1 fully saturated rings. The molecule has 1 rings (SSSR count). The van der Waals surface area contributed by atoms with Crippen LogP contribution in [0.2, 0.25) is 0 Å². The number of piperidine rings is 1. The minimum atomic E-state index is -0.0365. The summed E-state index contributed by atoms with van der Waals surface area (Å²) in [5.74, 6) is 0.111. The Bertz CT molecular complexity index is 207. The number of carbonyl (C=O) groups excluding carboxylic acids is 1. The average molecular weight is 166 g/mol. The molecule has 0 N–H and O–H groups in total. The smallest absolute Gasteiger partial charge is 0.223 e. The van der Waals surface area contributed by atoms with E-state index in [2.05, 4.69) is 13.0 Å². The fourth-order valence-corrected chi connectivity index (χ4v) is 1.49. The number of carbonyl (C=O) groups is 1. The standard InChI is InChI=1S/C9H14N2O/c1-2-4-11-5-3-8(7-10)6-9(11)12/h8H,2-6H2,1H3.